The van der Waals surface area contributed by atoms with Crippen molar-refractivity contribution in [3.05, 3.63) is 37.1 Å². The minimum atomic E-state index is -1.04. The molecule has 2 rings (SSSR count). The third-order valence-corrected chi connectivity index (χ3v) is 4.67. The summed E-state index contributed by atoms with van der Waals surface area (Å²) in [6.45, 7) is 0. The summed E-state index contributed by atoms with van der Waals surface area (Å²) in [7, 11) is 0. The molecule has 0 saturated heterocycles. The monoisotopic (exact) mass is 331 g/mol. The molecule has 17 heavy (non-hydrogen) atoms. The molecule has 7 heteroatoms. The van der Waals surface area contributed by atoms with E-state index in [1.807, 2.05) is 0 Å². The number of carbonyl (C=O) groups excluding carboxylic acids is 1. The third kappa shape index (κ3) is 2.56. The van der Waals surface area contributed by atoms with Crippen LogP contribution in [0.3, 0.4) is 0 Å². The van der Waals surface area contributed by atoms with Crippen LogP contribution in [-0.4, -0.2) is 17.0 Å². The Morgan fingerprint density at radius 3 is 2.41 bits per heavy atom. The van der Waals surface area contributed by atoms with Gasteiger partial charge >= 0.3 is 5.97 Å². The Morgan fingerprint density at radius 2 is 1.82 bits per heavy atom. The Hall–Kier alpha value is -1.18. The van der Waals surface area contributed by atoms with Gasteiger partial charge in [-0.15, -0.1) is 22.7 Å². The molecule has 1 amide bonds. The molecule has 0 spiro atoms. The number of halogens is 1. The summed E-state index contributed by atoms with van der Waals surface area (Å²) >= 11 is 5.62. The molecule has 88 valence electrons. The molecule has 0 radical (unpaired) electrons. The van der Waals surface area contributed by atoms with Gasteiger partial charge in [0.25, 0.3) is 5.91 Å². The average Bonchev–Trinajstić information content (AvgIpc) is 2.86. The SMILES string of the molecule is O=C(Nc1ccsc1C(=O)O)c1sccc1Br. The van der Waals surface area contributed by atoms with E-state index < -0.39 is 5.97 Å². The average molecular weight is 332 g/mol. The zero-order valence-corrected chi connectivity index (χ0v) is 11.5. The fourth-order valence-corrected chi connectivity index (χ4v) is 3.34. The van der Waals surface area contributed by atoms with E-state index in [2.05, 4.69) is 21.2 Å². The number of hydrogen-bond donors (Lipinski definition) is 2. The van der Waals surface area contributed by atoms with Gasteiger partial charge in [-0.3, -0.25) is 4.79 Å². The fraction of sp³-hybridized carbons (Fsp3) is 0. The van der Waals surface area contributed by atoms with Crippen molar-refractivity contribution in [1.29, 1.82) is 0 Å². The Kier molecular flexibility index (Phi) is 3.60. The van der Waals surface area contributed by atoms with E-state index in [1.54, 1.807) is 22.9 Å². The zero-order valence-electron chi connectivity index (χ0n) is 8.27. The van der Waals surface area contributed by atoms with Crippen LogP contribution in [0.5, 0.6) is 0 Å². The quantitative estimate of drug-likeness (QED) is 0.904. The van der Waals surface area contributed by atoms with Crippen molar-refractivity contribution in [3.8, 4) is 0 Å². The summed E-state index contributed by atoms with van der Waals surface area (Å²) in [6.07, 6.45) is 0. The molecule has 0 saturated carbocycles. The van der Waals surface area contributed by atoms with Gasteiger partial charge in [-0.1, -0.05) is 0 Å². The molecule has 0 aromatic carbocycles. The molecule has 0 fully saturated rings. The molecular formula is C10H6BrNO3S2. The predicted molar refractivity (Wildman–Crippen MR) is 71.3 cm³/mol. The molecule has 2 aromatic heterocycles. The standard InChI is InChI=1S/C10H6BrNO3S2/c11-5-1-3-16-7(5)9(13)12-6-2-4-17-8(6)10(14)15/h1-4H,(H,12,13)(H,14,15). The minimum absolute atomic E-state index is 0.131. The molecule has 4 nitrogen and oxygen atoms in total. The zero-order chi connectivity index (χ0) is 12.4. The third-order valence-electron chi connectivity index (χ3n) is 1.93. The largest absolute Gasteiger partial charge is 0.477 e. The highest BCUT2D eigenvalue weighted by atomic mass is 79.9. The first-order valence-corrected chi connectivity index (χ1v) is 7.00. The Balaban J connectivity index is 2.22. The van der Waals surface area contributed by atoms with Gasteiger partial charge in [-0.2, -0.15) is 0 Å². The van der Waals surface area contributed by atoms with Crippen molar-refractivity contribution in [1.82, 2.24) is 0 Å². The van der Waals surface area contributed by atoms with Gasteiger partial charge in [0.15, 0.2) is 0 Å². The van der Waals surface area contributed by atoms with Crippen LogP contribution in [0.2, 0.25) is 0 Å². The predicted octanol–water partition coefficient (Wildman–Crippen LogP) is 3.52. The van der Waals surface area contributed by atoms with E-state index in [4.69, 9.17) is 5.11 Å². The van der Waals surface area contributed by atoms with Crippen LogP contribution >= 0.6 is 38.6 Å². The van der Waals surface area contributed by atoms with E-state index in [0.717, 1.165) is 11.3 Å². The fourth-order valence-electron chi connectivity index (χ4n) is 1.21. The van der Waals surface area contributed by atoms with Crippen LogP contribution in [0.15, 0.2) is 27.4 Å². The van der Waals surface area contributed by atoms with Crippen LogP contribution in [0.25, 0.3) is 0 Å². The van der Waals surface area contributed by atoms with Crippen molar-refractivity contribution in [3.63, 3.8) is 0 Å². The Bertz CT molecular complexity index is 576. The summed E-state index contributed by atoms with van der Waals surface area (Å²) in [6, 6.07) is 3.35. The smallest absolute Gasteiger partial charge is 0.348 e. The van der Waals surface area contributed by atoms with Gasteiger partial charge in [0.05, 0.1) is 5.69 Å². The van der Waals surface area contributed by atoms with Crippen LogP contribution in [-0.2, 0) is 0 Å². The topological polar surface area (TPSA) is 66.4 Å². The molecule has 0 unspecified atom stereocenters. The number of carboxylic acids is 1. The van der Waals surface area contributed by atoms with Gasteiger partial charge in [0, 0.05) is 4.47 Å². The molecule has 0 aliphatic carbocycles. The molecule has 0 aliphatic rings. The maximum Gasteiger partial charge on any atom is 0.348 e. The molecule has 0 atom stereocenters. The van der Waals surface area contributed by atoms with Crippen LogP contribution < -0.4 is 5.32 Å². The number of rotatable bonds is 3. The molecule has 2 heterocycles. The van der Waals surface area contributed by atoms with Gasteiger partial charge in [0.2, 0.25) is 0 Å². The highest BCUT2D eigenvalue weighted by Crippen LogP contribution is 2.26. The van der Waals surface area contributed by atoms with Crippen LogP contribution in [0, 0.1) is 0 Å². The number of anilines is 1. The number of carboxylic acid groups (broad SMARTS) is 1. The van der Waals surface area contributed by atoms with E-state index in [-0.39, 0.29) is 10.8 Å². The van der Waals surface area contributed by atoms with E-state index in [0.29, 0.717) is 15.0 Å². The van der Waals surface area contributed by atoms with Crippen molar-refractivity contribution in [2.45, 2.75) is 0 Å². The number of nitrogens with one attached hydrogen (secondary N) is 1. The lowest BCUT2D eigenvalue weighted by Gasteiger charge is -2.02. The second-order valence-corrected chi connectivity index (χ2v) is 5.71. The molecule has 0 bridgehead atoms. The number of thiophene rings is 2. The number of hydrogen-bond acceptors (Lipinski definition) is 4. The second-order valence-electron chi connectivity index (χ2n) is 3.02. The first-order valence-electron chi connectivity index (χ1n) is 4.44. The second kappa shape index (κ2) is 4.99. The molecular weight excluding hydrogens is 326 g/mol. The highest BCUT2D eigenvalue weighted by Gasteiger charge is 2.17. The van der Waals surface area contributed by atoms with Crippen LogP contribution in [0.1, 0.15) is 19.3 Å². The maximum absolute atomic E-state index is 11.8. The van der Waals surface area contributed by atoms with Crippen molar-refractivity contribution < 1.29 is 14.7 Å². The summed E-state index contributed by atoms with van der Waals surface area (Å²) in [5.74, 6) is -1.35. The van der Waals surface area contributed by atoms with Gasteiger partial charge in [0.1, 0.15) is 9.75 Å². The summed E-state index contributed by atoms with van der Waals surface area (Å²) < 4.78 is 0.701. The maximum atomic E-state index is 11.8. The Labute approximate surface area is 113 Å². The highest BCUT2D eigenvalue weighted by molar-refractivity contribution is 9.10. The van der Waals surface area contributed by atoms with Crippen molar-refractivity contribution >= 4 is 56.2 Å². The van der Waals surface area contributed by atoms with E-state index in [9.17, 15) is 9.59 Å². The van der Waals surface area contributed by atoms with Gasteiger partial charge < -0.3 is 10.4 Å². The summed E-state index contributed by atoms with van der Waals surface area (Å²) in [5, 5.41) is 14.9. The van der Waals surface area contributed by atoms with Gasteiger partial charge in [-0.25, -0.2) is 4.79 Å². The Morgan fingerprint density at radius 1 is 1.18 bits per heavy atom. The van der Waals surface area contributed by atoms with Crippen LogP contribution in [0.4, 0.5) is 5.69 Å². The summed E-state index contributed by atoms with van der Waals surface area (Å²) in [4.78, 5) is 23.4. The number of carbonyl (C=O) groups is 2. The lowest BCUT2D eigenvalue weighted by Crippen LogP contribution is -2.12. The van der Waals surface area contributed by atoms with Crippen molar-refractivity contribution in [2.24, 2.45) is 0 Å². The molecule has 2 N–H and O–H groups in total. The van der Waals surface area contributed by atoms with E-state index >= 15 is 0 Å². The number of aromatic carboxylic acids is 1. The first-order chi connectivity index (χ1) is 8.09. The normalized spacial score (nSPS) is 10.2. The number of amides is 1. The summed E-state index contributed by atoms with van der Waals surface area (Å²) in [5.41, 5.74) is 0.327. The molecule has 2 aromatic rings. The van der Waals surface area contributed by atoms with Crippen molar-refractivity contribution in [2.75, 3.05) is 5.32 Å². The molecule has 0 aliphatic heterocycles. The van der Waals surface area contributed by atoms with Gasteiger partial charge in [-0.05, 0) is 38.8 Å². The minimum Gasteiger partial charge on any atom is -0.477 e. The lowest BCUT2D eigenvalue weighted by molar-refractivity contribution is 0.0703. The lowest BCUT2D eigenvalue weighted by atomic mass is 10.3. The van der Waals surface area contributed by atoms with E-state index in [1.165, 1.54) is 11.3 Å². The first kappa shape index (κ1) is 12.3.